The van der Waals surface area contributed by atoms with E-state index in [1.165, 1.54) is 5.56 Å². The number of aryl methyl sites for hydroxylation is 1. The van der Waals surface area contributed by atoms with E-state index in [4.69, 9.17) is 5.73 Å². The Morgan fingerprint density at radius 2 is 2.00 bits per heavy atom. The van der Waals surface area contributed by atoms with Crippen molar-refractivity contribution >= 4 is 11.6 Å². The first-order valence-electron chi connectivity index (χ1n) is 7.00. The van der Waals surface area contributed by atoms with E-state index in [-0.39, 0.29) is 11.8 Å². The molecule has 19 heavy (non-hydrogen) atoms. The summed E-state index contributed by atoms with van der Waals surface area (Å²) in [4.78, 5) is 12.1. The van der Waals surface area contributed by atoms with Crippen molar-refractivity contribution in [3.63, 3.8) is 0 Å². The number of anilines is 1. The molecule has 106 valence electrons. The number of rotatable bonds is 6. The highest BCUT2D eigenvalue weighted by Crippen LogP contribution is 2.20. The maximum absolute atomic E-state index is 12.1. The molecule has 3 heteroatoms. The lowest BCUT2D eigenvalue weighted by atomic mass is 9.94. The molecular weight excluding hydrogens is 236 g/mol. The monoisotopic (exact) mass is 262 g/mol. The van der Waals surface area contributed by atoms with Crippen LogP contribution in [0.4, 0.5) is 5.69 Å². The number of nitrogens with one attached hydrogen (secondary N) is 1. The third-order valence-corrected chi connectivity index (χ3v) is 3.49. The van der Waals surface area contributed by atoms with E-state index >= 15 is 0 Å². The Bertz CT molecular complexity index is 427. The summed E-state index contributed by atoms with van der Waals surface area (Å²) in [5.74, 6) is 0.900. The minimum Gasteiger partial charge on any atom is -0.330 e. The predicted octanol–water partition coefficient (Wildman–Crippen LogP) is 3.25. The maximum atomic E-state index is 12.1. The first kappa shape index (κ1) is 15.7. The van der Waals surface area contributed by atoms with Crippen LogP contribution < -0.4 is 11.1 Å². The Morgan fingerprint density at radius 3 is 2.58 bits per heavy atom. The summed E-state index contributed by atoms with van der Waals surface area (Å²) in [5, 5.41) is 2.99. The van der Waals surface area contributed by atoms with Gasteiger partial charge in [-0.25, -0.2) is 0 Å². The molecule has 0 spiro atoms. The van der Waals surface area contributed by atoms with E-state index in [1.807, 2.05) is 32.0 Å². The van der Waals surface area contributed by atoms with Gasteiger partial charge in [0, 0.05) is 12.1 Å². The standard InChI is InChI=1S/C16H26N2O/c1-11(2)8-14(10-17)9-16(19)18-15-7-5-6-12(3)13(15)4/h5-7,11,14H,8-10,17H2,1-4H3,(H,18,19). The van der Waals surface area contributed by atoms with Gasteiger partial charge in [0.15, 0.2) is 0 Å². The molecule has 1 aromatic rings. The van der Waals surface area contributed by atoms with Crippen LogP contribution in [0, 0.1) is 25.7 Å². The molecule has 3 nitrogen and oxygen atoms in total. The fraction of sp³-hybridized carbons (Fsp3) is 0.562. The van der Waals surface area contributed by atoms with E-state index in [0.717, 1.165) is 17.7 Å². The fourth-order valence-corrected chi connectivity index (χ4v) is 2.28. The third kappa shape index (κ3) is 5.03. The highest BCUT2D eigenvalue weighted by molar-refractivity contribution is 5.91. The smallest absolute Gasteiger partial charge is 0.224 e. The lowest BCUT2D eigenvalue weighted by Gasteiger charge is -2.17. The van der Waals surface area contributed by atoms with Gasteiger partial charge in [-0.2, -0.15) is 0 Å². The number of nitrogens with two attached hydrogens (primary N) is 1. The summed E-state index contributed by atoms with van der Waals surface area (Å²) in [6.07, 6.45) is 1.50. The van der Waals surface area contributed by atoms with Crippen molar-refractivity contribution in [2.45, 2.75) is 40.5 Å². The summed E-state index contributed by atoms with van der Waals surface area (Å²) < 4.78 is 0. The lowest BCUT2D eigenvalue weighted by molar-refractivity contribution is -0.117. The number of hydrogen-bond donors (Lipinski definition) is 2. The highest BCUT2D eigenvalue weighted by Gasteiger charge is 2.14. The van der Waals surface area contributed by atoms with Crippen LogP contribution in [-0.4, -0.2) is 12.5 Å². The minimum absolute atomic E-state index is 0.0600. The second kappa shape index (κ2) is 7.29. The molecule has 1 unspecified atom stereocenters. The largest absolute Gasteiger partial charge is 0.330 e. The van der Waals surface area contributed by atoms with Crippen LogP contribution in [0.2, 0.25) is 0 Å². The Hall–Kier alpha value is -1.35. The molecule has 0 radical (unpaired) electrons. The number of amides is 1. The molecule has 0 fully saturated rings. The summed E-state index contributed by atoms with van der Waals surface area (Å²) in [5.41, 5.74) is 8.96. The summed E-state index contributed by atoms with van der Waals surface area (Å²) in [7, 11) is 0. The zero-order valence-electron chi connectivity index (χ0n) is 12.5. The average molecular weight is 262 g/mol. The Kier molecular flexibility index (Phi) is 6.03. The van der Waals surface area contributed by atoms with Crippen molar-refractivity contribution in [2.24, 2.45) is 17.6 Å². The normalized spacial score (nSPS) is 12.5. The van der Waals surface area contributed by atoms with Crippen molar-refractivity contribution in [3.8, 4) is 0 Å². The average Bonchev–Trinajstić information content (AvgIpc) is 2.33. The summed E-state index contributed by atoms with van der Waals surface area (Å²) in [6.45, 7) is 8.96. The van der Waals surface area contributed by atoms with Gasteiger partial charge in [-0.05, 0) is 55.8 Å². The second-order valence-corrected chi connectivity index (χ2v) is 5.73. The molecule has 0 aromatic heterocycles. The zero-order valence-corrected chi connectivity index (χ0v) is 12.5. The van der Waals surface area contributed by atoms with Gasteiger partial charge in [-0.1, -0.05) is 26.0 Å². The van der Waals surface area contributed by atoms with Crippen LogP contribution in [0.15, 0.2) is 18.2 Å². The molecule has 1 aromatic carbocycles. The number of hydrogen-bond acceptors (Lipinski definition) is 2. The number of carbonyl (C=O) groups excluding carboxylic acids is 1. The molecule has 0 saturated heterocycles. The molecule has 1 atom stereocenters. The van der Waals surface area contributed by atoms with Crippen molar-refractivity contribution in [1.29, 1.82) is 0 Å². The van der Waals surface area contributed by atoms with Crippen LogP contribution >= 0.6 is 0 Å². The van der Waals surface area contributed by atoms with Gasteiger partial charge in [0.1, 0.15) is 0 Å². The van der Waals surface area contributed by atoms with E-state index in [9.17, 15) is 4.79 Å². The Balaban J connectivity index is 2.62. The number of carbonyl (C=O) groups is 1. The first-order valence-corrected chi connectivity index (χ1v) is 7.00. The molecule has 0 heterocycles. The molecule has 0 bridgehead atoms. The van der Waals surface area contributed by atoms with Crippen LogP contribution in [0.1, 0.15) is 37.8 Å². The predicted molar refractivity (Wildman–Crippen MR) is 81.2 cm³/mol. The maximum Gasteiger partial charge on any atom is 0.224 e. The van der Waals surface area contributed by atoms with E-state index in [1.54, 1.807) is 0 Å². The van der Waals surface area contributed by atoms with Gasteiger partial charge in [0.05, 0.1) is 0 Å². The quantitative estimate of drug-likeness (QED) is 0.826. The van der Waals surface area contributed by atoms with Crippen molar-refractivity contribution in [3.05, 3.63) is 29.3 Å². The van der Waals surface area contributed by atoms with Gasteiger partial charge >= 0.3 is 0 Å². The van der Waals surface area contributed by atoms with E-state index in [2.05, 4.69) is 19.2 Å². The van der Waals surface area contributed by atoms with Gasteiger partial charge < -0.3 is 11.1 Å². The topological polar surface area (TPSA) is 55.1 Å². The van der Waals surface area contributed by atoms with Crippen LogP contribution in [0.25, 0.3) is 0 Å². The fourth-order valence-electron chi connectivity index (χ4n) is 2.28. The molecule has 1 amide bonds. The molecule has 3 N–H and O–H groups in total. The van der Waals surface area contributed by atoms with Gasteiger partial charge in [0.25, 0.3) is 0 Å². The molecule has 0 saturated carbocycles. The molecule has 1 rings (SSSR count). The summed E-state index contributed by atoms with van der Waals surface area (Å²) in [6, 6.07) is 5.96. The number of benzene rings is 1. The minimum atomic E-state index is 0.0600. The molecule has 0 aliphatic heterocycles. The first-order chi connectivity index (χ1) is 8.93. The van der Waals surface area contributed by atoms with Crippen molar-refractivity contribution < 1.29 is 4.79 Å². The van der Waals surface area contributed by atoms with Gasteiger partial charge in [0.2, 0.25) is 5.91 Å². The zero-order chi connectivity index (χ0) is 14.4. The van der Waals surface area contributed by atoms with Crippen LogP contribution in [0.3, 0.4) is 0 Å². The second-order valence-electron chi connectivity index (χ2n) is 5.73. The lowest BCUT2D eigenvalue weighted by Crippen LogP contribution is -2.23. The highest BCUT2D eigenvalue weighted by atomic mass is 16.1. The van der Waals surface area contributed by atoms with Crippen molar-refractivity contribution in [1.82, 2.24) is 0 Å². The molecular formula is C16H26N2O. The van der Waals surface area contributed by atoms with Crippen LogP contribution in [-0.2, 0) is 4.79 Å². The van der Waals surface area contributed by atoms with Crippen LogP contribution in [0.5, 0.6) is 0 Å². The van der Waals surface area contributed by atoms with Gasteiger partial charge in [-0.3, -0.25) is 4.79 Å². The molecule has 0 aliphatic rings. The Morgan fingerprint density at radius 1 is 1.32 bits per heavy atom. The van der Waals surface area contributed by atoms with Gasteiger partial charge in [-0.15, -0.1) is 0 Å². The van der Waals surface area contributed by atoms with Crippen molar-refractivity contribution in [2.75, 3.05) is 11.9 Å². The Labute approximate surface area is 116 Å². The van der Waals surface area contributed by atoms with E-state index in [0.29, 0.717) is 18.9 Å². The van der Waals surface area contributed by atoms with E-state index < -0.39 is 0 Å². The summed E-state index contributed by atoms with van der Waals surface area (Å²) >= 11 is 0. The SMILES string of the molecule is Cc1cccc(NC(=O)CC(CN)CC(C)C)c1C. The third-order valence-electron chi connectivity index (χ3n) is 3.49. The molecule has 0 aliphatic carbocycles.